The van der Waals surface area contributed by atoms with Crippen molar-refractivity contribution in [3.63, 3.8) is 0 Å². The molecule has 2 heterocycles. The molecule has 7 heteroatoms. The number of hydrogen-bond acceptors (Lipinski definition) is 4. The number of para-hydroxylation sites is 1. The van der Waals surface area contributed by atoms with Crippen molar-refractivity contribution in [3.8, 4) is 0 Å². The fraction of sp³-hybridized carbons (Fsp3) is 0.500. The van der Waals surface area contributed by atoms with Gasteiger partial charge in [-0.15, -0.1) is 11.6 Å². The lowest BCUT2D eigenvalue weighted by Crippen LogP contribution is -2.18. The molecule has 0 radical (unpaired) electrons. The van der Waals surface area contributed by atoms with Crippen molar-refractivity contribution in [2.75, 3.05) is 12.9 Å². The molecule has 0 saturated carbocycles. The van der Waals surface area contributed by atoms with Crippen LogP contribution in [0.2, 0.25) is 0 Å². The summed E-state index contributed by atoms with van der Waals surface area (Å²) >= 11 is 6.02. The first-order valence-corrected chi connectivity index (χ1v) is 9.23. The zero-order chi connectivity index (χ0) is 15.2. The maximum absolute atomic E-state index is 11.9. The quantitative estimate of drug-likeness (QED) is 0.812. The predicted molar refractivity (Wildman–Crippen MR) is 81.5 cm³/mol. The lowest BCUT2D eigenvalue weighted by atomic mass is 10.1. The van der Waals surface area contributed by atoms with Crippen molar-refractivity contribution in [1.82, 2.24) is 9.55 Å². The number of fused-ring (bicyclic) bond motifs is 1. The van der Waals surface area contributed by atoms with E-state index in [4.69, 9.17) is 16.3 Å². The van der Waals surface area contributed by atoms with Gasteiger partial charge in [-0.25, -0.2) is 13.4 Å². The first-order valence-electron chi connectivity index (χ1n) is 6.81. The van der Waals surface area contributed by atoms with Crippen LogP contribution in [0, 0.1) is 0 Å². The van der Waals surface area contributed by atoms with Gasteiger partial charge in [0.1, 0.15) is 11.3 Å². The molecule has 114 valence electrons. The second kappa shape index (κ2) is 5.26. The van der Waals surface area contributed by atoms with Gasteiger partial charge in [-0.05, 0) is 25.5 Å². The Balaban J connectivity index is 2.29. The summed E-state index contributed by atoms with van der Waals surface area (Å²) in [5.74, 6) is 0.922. The fourth-order valence-electron chi connectivity index (χ4n) is 2.96. The summed E-state index contributed by atoms with van der Waals surface area (Å²) in [4.78, 5) is 4.72. The zero-order valence-electron chi connectivity index (χ0n) is 11.9. The second-order valence-corrected chi connectivity index (χ2v) is 7.61. The topological polar surface area (TPSA) is 61.2 Å². The summed E-state index contributed by atoms with van der Waals surface area (Å²) in [6.45, 7) is 2.71. The number of benzene rings is 1. The van der Waals surface area contributed by atoms with E-state index in [1.54, 1.807) is 12.1 Å². The molecule has 1 aliphatic rings. The van der Waals surface area contributed by atoms with Crippen LogP contribution in [-0.2, 0) is 20.5 Å². The van der Waals surface area contributed by atoms with Gasteiger partial charge in [0.15, 0.2) is 9.84 Å². The van der Waals surface area contributed by atoms with Crippen LogP contribution in [0.15, 0.2) is 23.1 Å². The first kappa shape index (κ1) is 14.8. The highest BCUT2D eigenvalue weighted by atomic mass is 35.5. The molecule has 2 unspecified atom stereocenters. The second-order valence-electron chi connectivity index (χ2n) is 5.36. The van der Waals surface area contributed by atoms with Gasteiger partial charge in [0, 0.05) is 12.9 Å². The largest absolute Gasteiger partial charge is 0.376 e. The Bertz CT molecular complexity index is 785. The van der Waals surface area contributed by atoms with E-state index in [2.05, 4.69) is 4.98 Å². The number of imidazole rings is 1. The number of halogens is 1. The molecule has 1 aromatic heterocycles. The Morgan fingerprint density at radius 2 is 2.24 bits per heavy atom. The van der Waals surface area contributed by atoms with Gasteiger partial charge >= 0.3 is 0 Å². The lowest BCUT2D eigenvalue weighted by Gasteiger charge is -2.19. The Hall–Kier alpha value is -1.11. The third kappa shape index (κ3) is 2.45. The van der Waals surface area contributed by atoms with Crippen LogP contribution < -0.4 is 0 Å². The van der Waals surface area contributed by atoms with Gasteiger partial charge in [-0.1, -0.05) is 6.07 Å². The Labute approximate surface area is 128 Å². The molecule has 0 bridgehead atoms. The number of aromatic nitrogens is 2. The molecule has 2 aromatic rings. The SMILES string of the molecule is CC1OCCC1n1c(CCl)nc2c(S(C)(=O)=O)cccc21. The van der Waals surface area contributed by atoms with Crippen LogP contribution in [0.25, 0.3) is 11.0 Å². The highest BCUT2D eigenvalue weighted by Crippen LogP contribution is 2.33. The van der Waals surface area contributed by atoms with Gasteiger partial charge in [0.05, 0.1) is 28.4 Å². The summed E-state index contributed by atoms with van der Waals surface area (Å²) in [5, 5.41) is 0. The minimum Gasteiger partial charge on any atom is -0.376 e. The molecule has 0 spiro atoms. The van der Waals surface area contributed by atoms with Gasteiger partial charge in [0.2, 0.25) is 0 Å². The number of alkyl halides is 1. The Morgan fingerprint density at radius 1 is 1.48 bits per heavy atom. The van der Waals surface area contributed by atoms with Crippen molar-refractivity contribution in [3.05, 3.63) is 24.0 Å². The van der Waals surface area contributed by atoms with E-state index in [0.29, 0.717) is 17.9 Å². The minimum absolute atomic E-state index is 0.0613. The van der Waals surface area contributed by atoms with Crippen molar-refractivity contribution < 1.29 is 13.2 Å². The molecule has 1 aliphatic heterocycles. The standard InChI is InChI=1S/C14H17ClN2O3S/c1-9-10(6-7-20-9)17-11-4-3-5-12(21(2,18)19)14(11)16-13(17)8-15/h3-5,9-10H,6-8H2,1-2H3. The summed E-state index contributed by atoms with van der Waals surface area (Å²) in [7, 11) is -3.33. The Morgan fingerprint density at radius 3 is 2.81 bits per heavy atom. The molecule has 0 N–H and O–H groups in total. The minimum atomic E-state index is -3.33. The van der Waals surface area contributed by atoms with Crippen molar-refractivity contribution in [2.45, 2.75) is 36.3 Å². The molecule has 0 aliphatic carbocycles. The van der Waals surface area contributed by atoms with E-state index >= 15 is 0 Å². The van der Waals surface area contributed by atoms with E-state index in [0.717, 1.165) is 11.9 Å². The molecular weight excluding hydrogens is 312 g/mol. The molecule has 1 aromatic carbocycles. The highest BCUT2D eigenvalue weighted by Gasteiger charge is 2.30. The highest BCUT2D eigenvalue weighted by molar-refractivity contribution is 7.91. The van der Waals surface area contributed by atoms with Crippen LogP contribution >= 0.6 is 11.6 Å². The van der Waals surface area contributed by atoms with E-state index in [1.807, 2.05) is 17.6 Å². The van der Waals surface area contributed by atoms with Crippen molar-refractivity contribution >= 4 is 32.5 Å². The van der Waals surface area contributed by atoms with E-state index in [9.17, 15) is 8.42 Å². The van der Waals surface area contributed by atoms with E-state index in [-0.39, 0.29) is 22.9 Å². The normalized spacial score (nSPS) is 23.0. The monoisotopic (exact) mass is 328 g/mol. The molecule has 2 atom stereocenters. The van der Waals surface area contributed by atoms with E-state index < -0.39 is 9.84 Å². The summed E-state index contributed by atoms with van der Waals surface area (Å²) < 4.78 is 31.5. The first-order chi connectivity index (χ1) is 9.93. The predicted octanol–water partition coefficient (Wildman–Crippen LogP) is 2.53. The Kier molecular flexibility index (Phi) is 3.71. The average Bonchev–Trinajstić information content (AvgIpc) is 2.99. The molecule has 1 saturated heterocycles. The number of hydrogen-bond donors (Lipinski definition) is 0. The molecule has 21 heavy (non-hydrogen) atoms. The number of sulfone groups is 1. The average molecular weight is 329 g/mol. The maximum Gasteiger partial charge on any atom is 0.177 e. The van der Waals surface area contributed by atoms with Crippen LogP contribution in [0.3, 0.4) is 0 Å². The molecule has 0 amide bonds. The van der Waals surface area contributed by atoms with E-state index in [1.165, 1.54) is 6.26 Å². The molecule has 1 fully saturated rings. The molecule has 5 nitrogen and oxygen atoms in total. The number of nitrogens with zero attached hydrogens (tertiary/aromatic N) is 2. The summed E-state index contributed by atoms with van der Waals surface area (Å²) in [6, 6.07) is 5.35. The van der Waals surface area contributed by atoms with Crippen LogP contribution in [0.4, 0.5) is 0 Å². The number of ether oxygens (including phenoxy) is 1. The third-order valence-corrected chi connectivity index (χ3v) is 5.31. The fourth-order valence-corrected chi connectivity index (χ4v) is 3.98. The summed E-state index contributed by atoms with van der Waals surface area (Å²) in [5.41, 5.74) is 1.30. The lowest BCUT2D eigenvalue weighted by molar-refractivity contribution is 0.108. The third-order valence-electron chi connectivity index (χ3n) is 3.94. The molecular formula is C14H17ClN2O3S. The number of rotatable bonds is 3. The van der Waals surface area contributed by atoms with Crippen molar-refractivity contribution in [1.29, 1.82) is 0 Å². The summed E-state index contributed by atoms with van der Waals surface area (Å²) in [6.07, 6.45) is 2.13. The van der Waals surface area contributed by atoms with Gasteiger partial charge in [-0.3, -0.25) is 0 Å². The van der Waals surface area contributed by atoms with Gasteiger partial charge in [0.25, 0.3) is 0 Å². The van der Waals surface area contributed by atoms with Crippen molar-refractivity contribution in [2.24, 2.45) is 0 Å². The van der Waals surface area contributed by atoms with Gasteiger partial charge < -0.3 is 9.30 Å². The van der Waals surface area contributed by atoms with Crippen LogP contribution in [-0.4, -0.2) is 36.9 Å². The molecule has 3 rings (SSSR count). The maximum atomic E-state index is 11.9. The van der Waals surface area contributed by atoms with Crippen LogP contribution in [0.1, 0.15) is 25.2 Å². The smallest absolute Gasteiger partial charge is 0.177 e. The van der Waals surface area contributed by atoms with Crippen LogP contribution in [0.5, 0.6) is 0 Å². The zero-order valence-corrected chi connectivity index (χ0v) is 13.5. The van der Waals surface area contributed by atoms with Gasteiger partial charge in [-0.2, -0.15) is 0 Å².